The van der Waals surface area contributed by atoms with E-state index in [1.807, 2.05) is 93.7 Å². The molecule has 114 heavy (non-hydrogen) atoms. The molecule has 3 aromatic heterocycles. The number of unbranched alkanes of at least 4 members (excludes halogenated alkanes) is 9. The van der Waals surface area contributed by atoms with Gasteiger partial charge in [0.1, 0.15) is 5.67 Å². The zero-order valence-electron chi connectivity index (χ0n) is 79.8. The minimum absolute atomic E-state index is 0.0315. The summed E-state index contributed by atoms with van der Waals surface area (Å²) in [5.74, 6) is 8.95. The highest BCUT2D eigenvalue weighted by molar-refractivity contribution is 8.01. The predicted molar refractivity (Wildman–Crippen MR) is 486 cm³/mol. The lowest BCUT2D eigenvalue weighted by Crippen LogP contribution is -2.56. The van der Waals surface area contributed by atoms with Gasteiger partial charge in [0.15, 0.2) is 0 Å². The van der Waals surface area contributed by atoms with E-state index in [0.717, 1.165) is 75.6 Å². The van der Waals surface area contributed by atoms with E-state index in [2.05, 4.69) is 204 Å². The summed E-state index contributed by atoms with van der Waals surface area (Å²) in [6.07, 6.45) is 32.5. The Hall–Kier alpha value is -3.38. The quantitative estimate of drug-likeness (QED) is 0.0385. The van der Waals surface area contributed by atoms with Gasteiger partial charge in [-0.05, 0) is 228 Å². The van der Waals surface area contributed by atoms with Gasteiger partial charge >= 0.3 is 0 Å². The van der Waals surface area contributed by atoms with E-state index in [1.165, 1.54) is 116 Å². The molecule has 2 aliphatic rings. The van der Waals surface area contributed by atoms with Crippen molar-refractivity contribution >= 4 is 36.7 Å². The maximum absolute atomic E-state index is 14.9. The Balaban J connectivity index is 0.000000714. The average Bonchev–Trinajstić information content (AvgIpc) is 0.864. The fourth-order valence-corrected chi connectivity index (χ4v) is 14.9. The van der Waals surface area contributed by atoms with Crippen molar-refractivity contribution in [2.75, 3.05) is 110 Å². The van der Waals surface area contributed by atoms with Crippen molar-refractivity contribution in [1.82, 2.24) is 59.7 Å². The Labute approximate surface area is 701 Å². The molecule has 0 N–H and O–H groups in total. The SMILES string of the molecule is C=S(=O)(CCOCCOCCn1cc(CC(C)(C)C)nn1)C(C)(C)C.C=S(=O)(CCOCCOCCn1cc(CC(C)(C)C)nn1)C(C)(C)C.CC(C)(C)CCCCCCCN1CCC(F)(C(C)(C)C)CC1.CC(C)(C)CCCCCCCN1CCN(C(C)(C)C)C(=O)C1.CC(C)(C)CCCCn1cc(CCCC(C)(C)C)nn1. The van der Waals surface area contributed by atoms with Crippen molar-refractivity contribution in [2.45, 2.75) is 389 Å². The Kier molecular flexibility index (Phi) is 48.4. The zero-order valence-corrected chi connectivity index (χ0v) is 81.4. The molecule has 2 atom stereocenters. The number of carbonyl (C=O) groups is 1. The van der Waals surface area contributed by atoms with Crippen LogP contribution in [-0.2, 0) is 81.7 Å². The van der Waals surface area contributed by atoms with Crippen LogP contribution in [0.3, 0.4) is 0 Å². The minimum atomic E-state index is -2.13. The fourth-order valence-electron chi connectivity index (χ4n) is 12.9. The van der Waals surface area contributed by atoms with Crippen molar-refractivity contribution in [3.8, 4) is 0 Å². The number of piperazine rings is 1. The summed E-state index contributed by atoms with van der Waals surface area (Å²) in [5.41, 5.74) is 4.19. The van der Waals surface area contributed by atoms with Crippen LogP contribution in [0.15, 0.2) is 18.6 Å². The Morgan fingerprint density at radius 2 is 0.711 bits per heavy atom. The van der Waals surface area contributed by atoms with Crippen molar-refractivity contribution in [1.29, 1.82) is 0 Å². The van der Waals surface area contributed by atoms with Crippen LogP contribution in [0.4, 0.5) is 4.39 Å². The standard InChI is InChI=1S/C20H40FN.C19H38N2O.2C18H35N3O3S.C17H33N3/c1-18(2,3)12-10-8-7-9-11-15-22-16-13-20(21,14-17-22)19(4,5)6;1-18(2,3)12-10-8-7-9-11-13-20-14-15-21(17(22)16-20)19(4,5)6;2*1-17(2,3)14-16-15-21(20-19-16)8-9-23-10-11-24-12-13-25(7,22)18(4,5)6;1-16(2,3)11-7-8-13-20-14-15(18-19-20)10-9-12-17(4,5)6/h7-17H2,1-6H3;7-16H2,1-6H3;2*15H,7-14H2,1-6H3;14H,7-13H2,1-6H3. The summed E-state index contributed by atoms with van der Waals surface area (Å²) in [7, 11) is -4.25. The average molecular weight is 1650 g/mol. The Bertz CT molecular complexity index is 3120. The first-order valence-electron chi connectivity index (χ1n) is 44.2. The van der Waals surface area contributed by atoms with Crippen molar-refractivity contribution in [3.05, 3.63) is 35.7 Å². The van der Waals surface area contributed by atoms with E-state index in [9.17, 15) is 17.6 Å². The third-order valence-electron chi connectivity index (χ3n) is 21.0. The number of hydrogen-bond donors (Lipinski definition) is 0. The number of aromatic nitrogens is 9. The van der Waals surface area contributed by atoms with Crippen LogP contribution >= 0.6 is 0 Å². The molecule has 0 aliphatic carbocycles. The molecule has 0 spiro atoms. The summed E-state index contributed by atoms with van der Waals surface area (Å²) in [6.45, 7) is 78.0. The molecule has 0 saturated carbocycles. The summed E-state index contributed by atoms with van der Waals surface area (Å²) in [4.78, 5) is 19.0. The molecular weight excluding hydrogens is 1470 g/mol. The van der Waals surface area contributed by atoms with Gasteiger partial charge in [-0.3, -0.25) is 22.8 Å². The molecule has 5 rings (SSSR count). The van der Waals surface area contributed by atoms with Gasteiger partial charge in [-0.25, -0.2) is 13.8 Å². The van der Waals surface area contributed by atoms with E-state index in [4.69, 9.17) is 18.9 Å². The number of amides is 1. The molecule has 2 fully saturated rings. The fraction of sp³-hybridized carbons (Fsp3) is 0.902. The lowest BCUT2D eigenvalue weighted by Gasteiger charge is -2.44. The molecule has 1 amide bonds. The van der Waals surface area contributed by atoms with Crippen LogP contribution in [0.2, 0.25) is 0 Å². The molecule has 0 aromatic carbocycles. The van der Waals surface area contributed by atoms with Crippen LogP contribution in [0.1, 0.15) is 347 Å². The van der Waals surface area contributed by atoms with Crippen LogP contribution in [-0.4, -0.2) is 217 Å². The van der Waals surface area contributed by atoms with Gasteiger partial charge in [0.25, 0.3) is 0 Å². The molecule has 19 nitrogen and oxygen atoms in total. The molecule has 0 bridgehead atoms. The number of halogens is 1. The van der Waals surface area contributed by atoms with Crippen LogP contribution < -0.4 is 0 Å². The van der Waals surface area contributed by atoms with Gasteiger partial charge in [0.05, 0.1) is 89.6 Å². The number of alkyl halides is 1. The highest BCUT2D eigenvalue weighted by Gasteiger charge is 2.44. The number of nitrogens with zero attached hydrogens (tertiary/aromatic N) is 12. The maximum Gasteiger partial charge on any atom is 0.237 e. The molecule has 3 aromatic rings. The van der Waals surface area contributed by atoms with Crippen molar-refractivity contribution in [3.63, 3.8) is 0 Å². The largest absolute Gasteiger partial charge is 0.378 e. The monoisotopic (exact) mass is 1650 g/mol. The lowest BCUT2D eigenvalue weighted by atomic mass is 9.72. The lowest BCUT2D eigenvalue weighted by molar-refractivity contribution is -0.141. The van der Waals surface area contributed by atoms with E-state index in [-0.39, 0.29) is 31.3 Å². The number of hydrogen-bond acceptors (Lipinski definition) is 15. The molecule has 670 valence electrons. The second-order valence-electron chi connectivity index (χ2n) is 44.2. The first-order valence-corrected chi connectivity index (χ1v) is 48.0. The third-order valence-corrected chi connectivity index (χ3v) is 27.1. The molecule has 0 radical (unpaired) electrons. The van der Waals surface area contributed by atoms with Gasteiger partial charge in [0, 0.05) is 77.9 Å². The Morgan fingerprint density at radius 3 is 1.07 bits per heavy atom. The molecule has 5 heterocycles. The normalized spacial score (nSPS) is 16.4. The van der Waals surface area contributed by atoms with Gasteiger partial charge in [0.2, 0.25) is 5.91 Å². The summed E-state index contributed by atoms with van der Waals surface area (Å²) < 4.78 is 66.7. The van der Waals surface area contributed by atoms with Gasteiger partial charge in [-0.15, -0.1) is 15.3 Å². The molecule has 22 heteroatoms. The van der Waals surface area contributed by atoms with E-state index < -0.39 is 24.7 Å². The number of rotatable bonds is 41. The topological polar surface area (TPSA) is 190 Å². The van der Waals surface area contributed by atoms with Crippen LogP contribution in [0.5, 0.6) is 0 Å². The summed E-state index contributed by atoms with van der Waals surface area (Å²) in [5, 5.41) is 25.1. The Morgan fingerprint density at radius 1 is 0.386 bits per heavy atom. The predicted octanol–water partition coefficient (Wildman–Crippen LogP) is 20.2. The van der Waals surface area contributed by atoms with Crippen LogP contribution in [0, 0.1) is 37.9 Å². The van der Waals surface area contributed by atoms with E-state index >= 15 is 0 Å². The first kappa shape index (κ1) is 109. The number of likely N-dealkylation sites (tertiary alicyclic amines) is 1. The van der Waals surface area contributed by atoms with E-state index in [0.29, 0.717) is 124 Å². The van der Waals surface area contributed by atoms with Crippen molar-refractivity contribution < 1.29 is 36.6 Å². The van der Waals surface area contributed by atoms with Crippen molar-refractivity contribution in [2.24, 2.45) is 37.9 Å². The van der Waals surface area contributed by atoms with Gasteiger partial charge < -0.3 is 28.7 Å². The molecule has 2 unspecified atom stereocenters. The first-order chi connectivity index (χ1) is 52.1. The third kappa shape index (κ3) is 54.0. The number of ether oxygens (including phenoxy) is 4. The molecular formula is C92H181FN12O7S2. The number of aryl methyl sites for hydroxylation is 2. The second-order valence-corrected chi connectivity index (χ2v) is 50.8. The number of piperidine rings is 1. The van der Waals surface area contributed by atoms with E-state index in [1.54, 1.807) is 0 Å². The number of carbonyl (C=O) groups excluding carboxylic acids is 1. The maximum atomic E-state index is 14.9. The zero-order chi connectivity index (χ0) is 87.2. The highest BCUT2D eigenvalue weighted by Crippen LogP contribution is 2.42. The smallest absolute Gasteiger partial charge is 0.237 e. The summed E-state index contributed by atoms with van der Waals surface area (Å²) in [6, 6.07) is 0. The second kappa shape index (κ2) is 50.8. The van der Waals surface area contributed by atoms with Gasteiger partial charge in [-0.1, -0.05) is 219 Å². The van der Waals surface area contributed by atoms with Crippen LogP contribution in [0.25, 0.3) is 0 Å². The highest BCUT2D eigenvalue weighted by atomic mass is 32.2. The minimum Gasteiger partial charge on any atom is -0.378 e. The summed E-state index contributed by atoms with van der Waals surface area (Å²) >= 11 is 0. The molecule has 2 aliphatic heterocycles. The molecule has 2 saturated heterocycles. The van der Waals surface area contributed by atoms with Gasteiger partial charge in [-0.2, -0.15) is 0 Å².